The van der Waals surface area contributed by atoms with E-state index in [1.54, 1.807) is 0 Å². The van der Waals surface area contributed by atoms with Gasteiger partial charge >= 0.3 is 0 Å². The normalized spacial score (nSPS) is 16.9. The molecule has 0 spiro atoms. The highest BCUT2D eigenvalue weighted by Crippen LogP contribution is 2.20. The summed E-state index contributed by atoms with van der Waals surface area (Å²) in [6.07, 6.45) is 4.08. The van der Waals surface area contributed by atoms with Gasteiger partial charge in [0.15, 0.2) is 0 Å². The fourth-order valence-corrected chi connectivity index (χ4v) is 1.26. The van der Waals surface area contributed by atoms with Crippen LogP contribution >= 0.6 is 0 Å². The molecule has 0 aliphatic rings. The van der Waals surface area contributed by atoms with Crippen molar-refractivity contribution >= 4 is 0 Å². The Labute approximate surface area is 70.8 Å². The number of rotatable bonds is 5. The van der Waals surface area contributed by atoms with E-state index in [2.05, 4.69) is 20.8 Å². The van der Waals surface area contributed by atoms with E-state index in [9.17, 15) is 5.11 Å². The molecule has 68 valence electrons. The molecule has 1 nitrogen and oxygen atoms in total. The molecule has 0 rings (SSSR count). The van der Waals surface area contributed by atoms with Crippen LogP contribution < -0.4 is 0 Å². The molecule has 0 saturated carbocycles. The van der Waals surface area contributed by atoms with E-state index in [1.807, 2.05) is 6.92 Å². The van der Waals surface area contributed by atoms with Crippen molar-refractivity contribution in [3.05, 3.63) is 0 Å². The minimum Gasteiger partial charge on any atom is -0.390 e. The Morgan fingerprint density at radius 1 is 1.27 bits per heavy atom. The first kappa shape index (κ1) is 11.0. The molecule has 1 atom stereocenters. The van der Waals surface area contributed by atoms with Crippen molar-refractivity contribution in [2.45, 2.75) is 59.0 Å². The zero-order valence-electron chi connectivity index (χ0n) is 8.35. The van der Waals surface area contributed by atoms with Crippen LogP contribution in [0, 0.1) is 5.92 Å². The molecule has 0 radical (unpaired) electrons. The van der Waals surface area contributed by atoms with Crippen molar-refractivity contribution in [2.24, 2.45) is 5.92 Å². The standard InChI is InChI=1S/C10H22O/c1-5-7-10(4,11)8-6-9(2)3/h9,11H,5-8H2,1-4H3/t10-/m1/s1. The van der Waals surface area contributed by atoms with Crippen LogP contribution in [0.2, 0.25) is 0 Å². The largest absolute Gasteiger partial charge is 0.390 e. The first-order valence-corrected chi connectivity index (χ1v) is 4.70. The van der Waals surface area contributed by atoms with Gasteiger partial charge in [0.2, 0.25) is 0 Å². The van der Waals surface area contributed by atoms with Crippen molar-refractivity contribution in [2.75, 3.05) is 0 Å². The highest BCUT2D eigenvalue weighted by molar-refractivity contribution is 4.71. The third-order valence-electron chi connectivity index (χ3n) is 2.05. The molecule has 0 amide bonds. The average molecular weight is 158 g/mol. The lowest BCUT2D eigenvalue weighted by atomic mass is 9.91. The number of aliphatic hydroxyl groups is 1. The molecule has 0 unspecified atom stereocenters. The molecule has 1 N–H and O–H groups in total. The summed E-state index contributed by atoms with van der Waals surface area (Å²) in [5, 5.41) is 9.76. The first-order chi connectivity index (χ1) is 4.98. The summed E-state index contributed by atoms with van der Waals surface area (Å²) in [7, 11) is 0. The smallest absolute Gasteiger partial charge is 0.0619 e. The minimum absolute atomic E-state index is 0.418. The van der Waals surface area contributed by atoms with Gasteiger partial charge < -0.3 is 5.11 Å². The van der Waals surface area contributed by atoms with Crippen LogP contribution in [-0.4, -0.2) is 10.7 Å². The van der Waals surface area contributed by atoms with Gasteiger partial charge in [0.1, 0.15) is 0 Å². The van der Waals surface area contributed by atoms with Crippen molar-refractivity contribution in [1.82, 2.24) is 0 Å². The van der Waals surface area contributed by atoms with Crippen LogP contribution in [0.25, 0.3) is 0 Å². The van der Waals surface area contributed by atoms with E-state index in [4.69, 9.17) is 0 Å². The zero-order valence-corrected chi connectivity index (χ0v) is 8.35. The summed E-state index contributed by atoms with van der Waals surface area (Å²) >= 11 is 0. The second-order valence-electron chi connectivity index (χ2n) is 4.18. The molecule has 1 heteroatoms. The summed E-state index contributed by atoms with van der Waals surface area (Å²) in [5.41, 5.74) is -0.418. The Morgan fingerprint density at radius 3 is 2.18 bits per heavy atom. The zero-order chi connectivity index (χ0) is 8.91. The maximum atomic E-state index is 9.76. The van der Waals surface area contributed by atoms with Gasteiger partial charge in [-0.1, -0.05) is 27.2 Å². The quantitative estimate of drug-likeness (QED) is 0.652. The van der Waals surface area contributed by atoms with Gasteiger partial charge in [0.25, 0.3) is 0 Å². The lowest BCUT2D eigenvalue weighted by molar-refractivity contribution is 0.0360. The predicted molar refractivity (Wildman–Crippen MR) is 49.6 cm³/mol. The molecule has 0 aromatic heterocycles. The summed E-state index contributed by atoms with van der Waals surface area (Å²) < 4.78 is 0. The Hall–Kier alpha value is -0.0400. The lowest BCUT2D eigenvalue weighted by Gasteiger charge is -2.23. The molecular formula is C10H22O. The molecule has 0 aromatic rings. The Kier molecular flexibility index (Phi) is 4.74. The van der Waals surface area contributed by atoms with Gasteiger partial charge in [0.05, 0.1) is 5.60 Å². The minimum atomic E-state index is -0.418. The molecule has 11 heavy (non-hydrogen) atoms. The van der Waals surface area contributed by atoms with Crippen molar-refractivity contribution in [3.8, 4) is 0 Å². The van der Waals surface area contributed by atoms with E-state index in [1.165, 1.54) is 0 Å². The molecule has 0 fully saturated rings. The van der Waals surface area contributed by atoms with Gasteiger partial charge in [-0.05, 0) is 32.1 Å². The van der Waals surface area contributed by atoms with Gasteiger partial charge in [-0.15, -0.1) is 0 Å². The van der Waals surface area contributed by atoms with Crippen molar-refractivity contribution in [1.29, 1.82) is 0 Å². The Bertz CT molecular complexity index is 95.0. The Morgan fingerprint density at radius 2 is 1.82 bits per heavy atom. The van der Waals surface area contributed by atoms with Crippen molar-refractivity contribution in [3.63, 3.8) is 0 Å². The first-order valence-electron chi connectivity index (χ1n) is 4.70. The summed E-state index contributed by atoms with van der Waals surface area (Å²) in [6.45, 7) is 8.45. The molecule has 0 aliphatic carbocycles. The van der Waals surface area contributed by atoms with Gasteiger partial charge in [-0.3, -0.25) is 0 Å². The molecule has 0 bridgehead atoms. The molecule has 0 aliphatic heterocycles. The molecule has 0 saturated heterocycles. The maximum absolute atomic E-state index is 9.76. The average Bonchev–Trinajstić information content (AvgIpc) is 1.84. The van der Waals surface area contributed by atoms with E-state index in [0.717, 1.165) is 25.7 Å². The van der Waals surface area contributed by atoms with E-state index < -0.39 is 5.60 Å². The van der Waals surface area contributed by atoms with Crippen LogP contribution in [0.1, 0.15) is 53.4 Å². The van der Waals surface area contributed by atoms with Crippen LogP contribution in [0.5, 0.6) is 0 Å². The van der Waals surface area contributed by atoms with Crippen LogP contribution in [0.15, 0.2) is 0 Å². The second-order valence-corrected chi connectivity index (χ2v) is 4.18. The maximum Gasteiger partial charge on any atom is 0.0619 e. The van der Waals surface area contributed by atoms with Crippen LogP contribution in [0.4, 0.5) is 0 Å². The van der Waals surface area contributed by atoms with E-state index >= 15 is 0 Å². The third kappa shape index (κ3) is 6.36. The summed E-state index contributed by atoms with van der Waals surface area (Å²) in [6, 6.07) is 0. The molecular weight excluding hydrogens is 136 g/mol. The monoisotopic (exact) mass is 158 g/mol. The topological polar surface area (TPSA) is 20.2 Å². The third-order valence-corrected chi connectivity index (χ3v) is 2.05. The summed E-state index contributed by atoms with van der Waals surface area (Å²) in [4.78, 5) is 0. The van der Waals surface area contributed by atoms with Gasteiger partial charge in [-0.2, -0.15) is 0 Å². The molecule has 0 aromatic carbocycles. The van der Waals surface area contributed by atoms with Crippen LogP contribution in [0.3, 0.4) is 0 Å². The van der Waals surface area contributed by atoms with Crippen LogP contribution in [-0.2, 0) is 0 Å². The molecule has 0 heterocycles. The lowest BCUT2D eigenvalue weighted by Crippen LogP contribution is -2.23. The SMILES string of the molecule is CCC[C@@](C)(O)CCC(C)C. The number of hydrogen-bond acceptors (Lipinski definition) is 1. The van der Waals surface area contributed by atoms with Crippen molar-refractivity contribution < 1.29 is 5.11 Å². The predicted octanol–water partition coefficient (Wildman–Crippen LogP) is 2.97. The number of hydrogen-bond donors (Lipinski definition) is 1. The fraction of sp³-hybridized carbons (Fsp3) is 1.00. The summed E-state index contributed by atoms with van der Waals surface area (Å²) in [5.74, 6) is 0.707. The Balaban J connectivity index is 3.54. The second kappa shape index (κ2) is 4.76. The van der Waals surface area contributed by atoms with E-state index in [0.29, 0.717) is 5.92 Å². The fourth-order valence-electron chi connectivity index (χ4n) is 1.26. The highest BCUT2D eigenvalue weighted by Gasteiger charge is 2.18. The highest BCUT2D eigenvalue weighted by atomic mass is 16.3. The van der Waals surface area contributed by atoms with E-state index in [-0.39, 0.29) is 0 Å². The van der Waals surface area contributed by atoms with Gasteiger partial charge in [-0.25, -0.2) is 0 Å². The van der Waals surface area contributed by atoms with Gasteiger partial charge in [0, 0.05) is 0 Å².